The van der Waals surface area contributed by atoms with Crippen LogP contribution in [0.3, 0.4) is 0 Å². The van der Waals surface area contributed by atoms with Crippen molar-refractivity contribution >= 4 is 12.0 Å². The molecule has 0 spiro atoms. The molecule has 0 fully saturated rings. The number of aryl methyl sites for hydroxylation is 1. The molecule has 2 rings (SSSR count). The molecule has 0 heterocycles. The molecule has 0 saturated heterocycles. The van der Waals surface area contributed by atoms with E-state index in [-0.39, 0.29) is 6.04 Å². The van der Waals surface area contributed by atoms with Gasteiger partial charge in [-0.15, -0.1) is 9.32 Å². The van der Waals surface area contributed by atoms with Crippen molar-refractivity contribution in [1.29, 1.82) is 0 Å². The van der Waals surface area contributed by atoms with Crippen molar-refractivity contribution in [2.24, 2.45) is 11.6 Å². The normalized spacial score (nSPS) is 11.3. The third kappa shape index (κ3) is 8.07. The van der Waals surface area contributed by atoms with Gasteiger partial charge in [0.15, 0.2) is 0 Å². The zero-order valence-electron chi connectivity index (χ0n) is 15.7. The van der Waals surface area contributed by atoms with Crippen LogP contribution in [-0.4, -0.2) is 19.8 Å². The van der Waals surface area contributed by atoms with E-state index in [0.717, 1.165) is 41.3 Å². The first-order chi connectivity index (χ1) is 12.5. The van der Waals surface area contributed by atoms with Crippen LogP contribution >= 0.6 is 12.0 Å². The lowest BCUT2D eigenvalue weighted by Crippen LogP contribution is -2.17. The Kier molecular flexibility index (Phi) is 10.8. The third-order valence-electron chi connectivity index (χ3n) is 3.34. The maximum absolute atomic E-state index is 5.73. The Morgan fingerprint density at radius 1 is 1.12 bits per heavy atom. The topological polar surface area (TPSA) is 89.0 Å². The van der Waals surface area contributed by atoms with Gasteiger partial charge in [0.2, 0.25) is 0 Å². The fraction of sp³-hybridized carbons (Fsp3) is 0.368. The predicted molar refractivity (Wildman–Crippen MR) is 105 cm³/mol. The Balaban J connectivity index is 0.000000289. The number of hydrogen-bond acceptors (Lipinski definition) is 7. The van der Waals surface area contributed by atoms with E-state index in [4.69, 9.17) is 21.1 Å². The number of rotatable bonds is 8. The van der Waals surface area contributed by atoms with Crippen LogP contribution in [0.25, 0.3) is 0 Å². The van der Waals surface area contributed by atoms with Gasteiger partial charge in [-0.1, -0.05) is 24.3 Å². The van der Waals surface area contributed by atoms with E-state index < -0.39 is 0 Å². The maximum Gasteiger partial charge on any atom is 0.134 e. The number of hydrogen-bond donors (Lipinski definition) is 2. The van der Waals surface area contributed by atoms with Crippen molar-refractivity contribution in [3.05, 3.63) is 53.6 Å². The lowest BCUT2D eigenvalue weighted by Gasteiger charge is -2.10. The second-order valence-corrected chi connectivity index (χ2v) is 6.36. The molecule has 2 aromatic carbocycles. The van der Waals surface area contributed by atoms with Crippen LogP contribution in [0, 0.1) is 6.92 Å². The molecule has 0 radical (unpaired) electrons. The molecular weight excluding hydrogens is 352 g/mol. The summed E-state index contributed by atoms with van der Waals surface area (Å²) in [5, 5.41) is 0. The van der Waals surface area contributed by atoms with Crippen molar-refractivity contribution < 1.29 is 18.8 Å². The lowest BCUT2D eigenvalue weighted by atomic mass is 10.1. The molecule has 2 aromatic rings. The first-order valence-electron chi connectivity index (χ1n) is 8.32. The lowest BCUT2D eigenvalue weighted by molar-refractivity contribution is -0.195. The molecule has 4 N–H and O–H groups in total. The summed E-state index contributed by atoms with van der Waals surface area (Å²) in [6, 6.07) is 13.9. The summed E-state index contributed by atoms with van der Waals surface area (Å²) in [7, 11) is 1.59. The molecule has 144 valence electrons. The average molecular weight is 381 g/mol. The van der Waals surface area contributed by atoms with E-state index >= 15 is 0 Å². The SMILES string of the molecule is CCOc1ccccc1C.COc1ccc(CC(C)N)cc1SOON. The molecule has 0 aliphatic rings. The second-order valence-electron chi connectivity index (χ2n) is 5.61. The molecular formula is C19H28N2O4S. The Morgan fingerprint density at radius 3 is 2.42 bits per heavy atom. The second kappa shape index (κ2) is 12.6. The zero-order valence-corrected chi connectivity index (χ0v) is 16.5. The smallest absolute Gasteiger partial charge is 0.134 e. The van der Waals surface area contributed by atoms with Gasteiger partial charge >= 0.3 is 0 Å². The first kappa shape index (κ1) is 22.3. The van der Waals surface area contributed by atoms with Crippen LogP contribution in [0.2, 0.25) is 0 Å². The van der Waals surface area contributed by atoms with E-state index in [1.54, 1.807) is 7.11 Å². The molecule has 0 saturated carbocycles. The average Bonchev–Trinajstić information content (AvgIpc) is 2.62. The van der Waals surface area contributed by atoms with E-state index in [2.05, 4.69) is 9.32 Å². The van der Waals surface area contributed by atoms with Crippen molar-refractivity contribution in [2.45, 2.75) is 38.1 Å². The van der Waals surface area contributed by atoms with Gasteiger partial charge < -0.3 is 15.2 Å². The predicted octanol–water partition coefficient (Wildman–Crippen LogP) is 3.81. The first-order valence-corrected chi connectivity index (χ1v) is 9.06. The number of nitrogens with two attached hydrogens (primary N) is 2. The molecule has 0 aliphatic carbocycles. The van der Waals surface area contributed by atoms with Crippen LogP contribution in [0.1, 0.15) is 25.0 Å². The quantitative estimate of drug-likeness (QED) is 0.409. The summed E-state index contributed by atoms with van der Waals surface area (Å²) in [5.74, 6) is 6.48. The number of benzene rings is 2. The van der Waals surface area contributed by atoms with E-state index in [1.165, 1.54) is 5.56 Å². The van der Waals surface area contributed by atoms with Crippen LogP contribution in [0.15, 0.2) is 47.4 Å². The van der Waals surface area contributed by atoms with E-state index in [1.807, 2.05) is 63.2 Å². The van der Waals surface area contributed by atoms with Crippen molar-refractivity contribution in [1.82, 2.24) is 0 Å². The Labute approximate surface area is 159 Å². The van der Waals surface area contributed by atoms with Crippen molar-refractivity contribution in [3.8, 4) is 11.5 Å². The van der Waals surface area contributed by atoms with Gasteiger partial charge in [0, 0.05) is 6.04 Å². The molecule has 0 aliphatic heterocycles. The number of ether oxygens (including phenoxy) is 2. The van der Waals surface area contributed by atoms with Crippen LogP contribution in [-0.2, 0) is 15.7 Å². The third-order valence-corrected chi connectivity index (χ3v) is 3.99. The van der Waals surface area contributed by atoms with Gasteiger partial charge in [0.1, 0.15) is 11.5 Å². The molecule has 1 unspecified atom stereocenters. The summed E-state index contributed by atoms with van der Waals surface area (Å²) in [5.41, 5.74) is 8.04. The van der Waals surface area contributed by atoms with Crippen LogP contribution in [0.5, 0.6) is 11.5 Å². The highest BCUT2D eigenvalue weighted by molar-refractivity contribution is 7.94. The summed E-state index contributed by atoms with van der Waals surface area (Å²) in [4.78, 5) is 4.85. The van der Waals surface area contributed by atoms with Gasteiger partial charge in [-0.25, -0.2) is 0 Å². The van der Waals surface area contributed by atoms with Gasteiger partial charge in [-0.3, -0.25) is 0 Å². The summed E-state index contributed by atoms with van der Waals surface area (Å²) < 4.78 is 15.1. The molecule has 0 bridgehead atoms. The summed E-state index contributed by atoms with van der Waals surface area (Å²) in [6.07, 6.45) is 0.793. The van der Waals surface area contributed by atoms with Crippen LogP contribution in [0.4, 0.5) is 0 Å². The fourth-order valence-electron chi connectivity index (χ4n) is 2.22. The van der Waals surface area contributed by atoms with E-state index in [9.17, 15) is 0 Å². The highest BCUT2D eigenvalue weighted by Gasteiger charge is 2.07. The molecule has 1 atom stereocenters. The minimum Gasteiger partial charge on any atom is -0.495 e. The van der Waals surface area contributed by atoms with Crippen molar-refractivity contribution in [3.63, 3.8) is 0 Å². The highest BCUT2D eigenvalue weighted by Crippen LogP contribution is 2.31. The molecule has 26 heavy (non-hydrogen) atoms. The highest BCUT2D eigenvalue weighted by atomic mass is 32.2. The monoisotopic (exact) mass is 380 g/mol. The van der Waals surface area contributed by atoms with Gasteiger partial charge in [0.05, 0.1) is 30.7 Å². The van der Waals surface area contributed by atoms with Gasteiger partial charge in [-0.05, 0) is 56.5 Å². The Bertz CT molecular complexity index is 653. The number of para-hydroxylation sites is 1. The largest absolute Gasteiger partial charge is 0.495 e. The standard InChI is InChI=1S/C10H16N2O3S.C9H12O/c1-7(11)5-8-3-4-9(13-2)10(6-8)16-15-14-12;1-3-10-9-7-5-4-6-8(9)2/h3-4,6-7H,5,11-12H2,1-2H3;4-7H,3H2,1-2H3. The molecule has 7 heteroatoms. The molecule has 0 aromatic heterocycles. The minimum absolute atomic E-state index is 0.109. The molecule has 6 nitrogen and oxygen atoms in total. The van der Waals surface area contributed by atoms with Gasteiger partial charge in [0.25, 0.3) is 0 Å². The van der Waals surface area contributed by atoms with E-state index in [0.29, 0.717) is 5.75 Å². The fourth-order valence-corrected chi connectivity index (χ4v) is 2.76. The van der Waals surface area contributed by atoms with Crippen molar-refractivity contribution in [2.75, 3.05) is 13.7 Å². The Morgan fingerprint density at radius 2 is 1.85 bits per heavy atom. The Hall–Kier alpha value is -1.77. The minimum atomic E-state index is 0.109. The summed E-state index contributed by atoms with van der Waals surface area (Å²) >= 11 is 1.000. The maximum atomic E-state index is 5.73. The summed E-state index contributed by atoms with van der Waals surface area (Å²) in [6.45, 7) is 6.73. The molecule has 0 amide bonds. The number of methoxy groups -OCH3 is 1. The van der Waals surface area contributed by atoms with Gasteiger partial charge in [-0.2, -0.15) is 5.90 Å². The van der Waals surface area contributed by atoms with Crippen LogP contribution < -0.4 is 21.1 Å². The zero-order chi connectivity index (χ0) is 19.4.